The van der Waals surface area contributed by atoms with Crippen molar-refractivity contribution in [2.45, 2.75) is 32.9 Å². The van der Waals surface area contributed by atoms with Crippen LogP contribution in [-0.2, 0) is 11.3 Å². The molecule has 33 heavy (non-hydrogen) atoms. The lowest BCUT2D eigenvalue weighted by atomic mass is 10.1. The summed E-state index contributed by atoms with van der Waals surface area (Å²) < 4.78 is 10.7. The number of para-hydroxylation sites is 1. The van der Waals surface area contributed by atoms with Crippen molar-refractivity contribution in [3.63, 3.8) is 0 Å². The number of hydrogen-bond acceptors (Lipinski definition) is 7. The number of terminal acetylenes is 1. The number of aliphatic hydroxyl groups is 1. The highest BCUT2D eigenvalue weighted by molar-refractivity contribution is 7.17. The van der Waals surface area contributed by atoms with Crippen LogP contribution in [0.2, 0.25) is 0 Å². The third-order valence-electron chi connectivity index (χ3n) is 5.25. The zero-order valence-corrected chi connectivity index (χ0v) is 20.2. The van der Waals surface area contributed by atoms with Crippen molar-refractivity contribution in [1.29, 1.82) is 0 Å². The van der Waals surface area contributed by atoms with E-state index in [1.807, 2.05) is 29.6 Å². The molecule has 0 aliphatic carbocycles. The molecule has 0 aliphatic heterocycles. The number of aliphatic hydroxyl groups excluding tert-OH is 1. The number of methoxy groups -OCH3 is 1. The number of rotatable bonds is 12. The van der Waals surface area contributed by atoms with Gasteiger partial charge in [0.2, 0.25) is 0 Å². The summed E-state index contributed by atoms with van der Waals surface area (Å²) in [4.78, 5) is 23.5. The van der Waals surface area contributed by atoms with E-state index >= 15 is 0 Å². The minimum atomic E-state index is -0.681. The summed E-state index contributed by atoms with van der Waals surface area (Å²) in [7, 11) is 1.62. The SMILES string of the molecule is C#CCOC[C@@H](O)CN(CCC(C)C)Cc1nc2scc(-c3ccccc3OC)c2c(=O)[nH]1. The van der Waals surface area contributed by atoms with Gasteiger partial charge in [-0.1, -0.05) is 38.0 Å². The van der Waals surface area contributed by atoms with Crippen molar-refractivity contribution in [3.8, 4) is 29.2 Å². The van der Waals surface area contributed by atoms with Gasteiger partial charge in [0, 0.05) is 23.1 Å². The molecule has 176 valence electrons. The van der Waals surface area contributed by atoms with E-state index < -0.39 is 6.10 Å². The number of nitrogens with zero attached hydrogens (tertiary/aromatic N) is 2. The molecule has 3 rings (SSSR count). The first kappa shape index (κ1) is 24.9. The van der Waals surface area contributed by atoms with E-state index in [-0.39, 0.29) is 18.8 Å². The summed E-state index contributed by atoms with van der Waals surface area (Å²) in [6.45, 7) is 6.23. The third-order valence-corrected chi connectivity index (χ3v) is 6.12. The molecule has 1 atom stereocenters. The molecule has 2 N–H and O–H groups in total. The number of thiophene rings is 1. The minimum absolute atomic E-state index is 0.165. The van der Waals surface area contributed by atoms with E-state index in [4.69, 9.17) is 20.9 Å². The smallest absolute Gasteiger partial charge is 0.260 e. The molecule has 0 unspecified atom stereocenters. The molecule has 8 heteroatoms. The Hall–Kier alpha value is -2.70. The van der Waals surface area contributed by atoms with Crippen LogP contribution in [0.3, 0.4) is 0 Å². The number of fused-ring (bicyclic) bond motifs is 1. The van der Waals surface area contributed by atoms with Crippen LogP contribution in [0.1, 0.15) is 26.1 Å². The Kier molecular flexibility index (Phi) is 9.03. The molecular weight excluding hydrogens is 438 g/mol. The third kappa shape index (κ3) is 6.65. The van der Waals surface area contributed by atoms with Crippen LogP contribution >= 0.6 is 11.3 Å². The first-order chi connectivity index (χ1) is 15.9. The molecule has 0 aliphatic rings. The van der Waals surface area contributed by atoms with Gasteiger partial charge in [0.05, 0.1) is 31.8 Å². The average molecular weight is 470 g/mol. The maximum atomic E-state index is 13.1. The fourth-order valence-corrected chi connectivity index (χ4v) is 4.58. The molecule has 0 fully saturated rings. The van der Waals surface area contributed by atoms with Crippen LogP contribution in [0.5, 0.6) is 5.75 Å². The quantitative estimate of drug-likeness (QED) is 0.312. The van der Waals surface area contributed by atoms with E-state index in [2.05, 4.69) is 29.7 Å². The zero-order valence-electron chi connectivity index (χ0n) is 19.3. The van der Waals surface area contributed by atoms with Crippen LogP contribution in [0, 0.1) is 18.3 Å². The number of aromatic nitrogens is 2. The molecule has 0 amide bonds. The van der Waals surface area contributed by atoms with Crippen molar-refractivity contribution in [1.82, 2.24) is 14.9 Å². The molecule has 1 aromatic carbocycles. The zero-order chi connectivity index (χ0) is 23.8. The second-order valence-electron chi connectivity index (χ2n) is 8.33. The van der Waals surface area contributed by atoms with E-state index in [1.165, 1.54) is 11.3 Å². The fraction of sp³-hybridized carbons (Fsp3) is 0.440. The molecule has 0 spiro atoms. The van der Waals surface area contributed by atoms with Gasteiger partial charge >= 0.3 is 0 Å². The summed E-state index contributed by atoms with van der Waals surface area (Å²) in [5, 5.41) is 12.9. The highest BCUT2D eigenvalue weighted by Crippen LogP contribution is 2.36. The van der Waals surface area contributed by atoms with Crippen molar-refractivity contribution in [2.75, 3.05) is 33.4 Å². The Balaban J connectivity index is 1.84. The van der Waals surface area contributed by atoms with Crippen molar-refractivity contribution in [2.24, 2.45) is 5.92 Å². The van der Waals surface area contributed by atoms with Crippen LogP contribution < -0.4 is 10.3 Å². The van der Waals surface area contributed by atoms with Crippen molar-refractivity contribution >= 4 is 21.6 Å². The highest BCUT2D eigenvalue weighted by Gasteiger charge is 2.18. The lowest BCUT2D eigenvalue weighted by Gasteiger charge is -2.25. The van der Waals surface area contributed by atoms with Crippen LogP contribution in [0.25, 0.3) is 21.3 Å². The summed E-state index contributed by atoms with van der Waals surface area (Å²) >= 11 is 1.44. The van der Waals surface area contributed by atoms with E-state index in [9.17, 15) is 9.90 Å². The van der Waals surface area contributed by atoms with E-state index in [0.717, 1.165) is 24.1 Å². The molecule has 7 nitrogen and oxygen atoms in total. The first-order valence-corrected chi connectivity index (χ1v) is 11.9. The Morgan fingerprint density at radius 2 is 2.09 bits per heavy atom. The fourth-order valence-electron chi connectivity index (χ4n) is 3.63. The number of hydrogen-bond donors (Lipinski definition) is 2. The van der Waals surface area contributed by atoms with Gasteiger partial charge in [0.1, 0.15) is 23.0 Å². The van der Waals surface area contributed by atoms with Crippen LogP contribution in [-0.4, -0.2) is 59.5 Å². The Bertz CT molecular complexity index is 1150. The summed E-state index contributed by atoms with van der Waals surface area (Å²) in [5.74, 6) is 4.19. The minimum Gasteiger partial charge on any atom is -0.496 e. The van der Waals surface area contributed by atoms with E-state index in [0.29, 0.717) is 40.8 Å². The Morgan fingerprint density at radius 3 is 2.82 bits per heavy atom. The second kappa shape index (κ2) is 12.0. The van der Waals surface area contributed by atoms with Gasteiger partial charge in [0.15, 0.2) is 0 Å². The van der Waals surface area contributed by atoms with Gasteiger partial charge in [-0.15, -0.1) is 17.8 Å². The Labute approximate surface area is 198 Å². The lowest BCUT2D eigenvalue weighted by molar-refractivity contribution is 0.0247. The molecule has 0 saturated heterocycles. The molecule has 0 saturated carbocycles. The molecule has 2 heterocycles. The predicted octanol–water partition coefficient (Wildman–Crippen LogP) is 3.52. The maximum Gasteiger partial charge on any atom is 0.260 e. The predicted molar refractivity (Wildman–Crippen MR) is 133 cm³/mol. The largest absolute Gasteiger partial charge is 0.496 e. The van der Waals surface area contributed by atoms with Gasteiger partial charge < -0.3 is 19.6 Å². The number of H-pyrrole nitrogens is 1. The Morgan fingerprint density at radius 1 is 1.30 bits per heavy atom. The van der Waals surface area contributed by atoms with Gasteiger partial charge in [-0.2, -0.15) is 0 Å². The summed E-state index contributed by atoms with van der Waals surface area (Å²) in [6.07, 6.45) is 5.48. The molecular formula is C25H31N3O4S. The second-order valence-corrected chi connectivity index (χ2v) is 9.19. The molecule has 3 aromatic rings. The average Bonchev–Trinajstić information content (AvgIpc) is 3.22. The van der Waals surface area contributed by atoms with Crippen molar-refractivity contribution in [3.05, 3.63) is 45.8 Å². The van der Waals surface area contributed by atoms with Gasteiger partial charge in [-0.3, -0.25) is 9.69 Å². The molecule has 2 aromatic heterocycles. The lowest BCUT2D eigenvalue weighted by Crippen LogP contribution is -2.36. The van der Waals surface area contributed by atoms with Gasteiger partial charge in [-0.25, -0.2) is 4.98 Å². The highest BCUT2D eigenvalue weighted by atomic mass is 32.1. The van der Waals surface area contributed by atoms with Gasteiger partial charge in [0.25, 0.3) is 5.56 Å². The van der Waals surface area contributed by atoms with Crippen molar-refractivity contribution < 1.29 is 14.6 Å². The van der Waals surface area contributed by atoms with Gasteiger partial charge in [-0.05, 0) is 24.9 Å². The van der Waals surface area contributed by atoms with Crippen LogP contribution in [0.4, 0.5) is 0 Å². The number of ether oxygens (including phenoxy) is 2. The summed E-state index contributed by atoms with van der Waals surface area (Å²) in [6, 6.07) is 7.63. The van der Waals surface area contributed by atoms with Crippen LogP contribution in [0.15, 0.2) is 34.4 Å². The monoisotopic (exact) mass is 469 g/mol. The normalized spacial score (nSPS) is 12.4. The number of nitrogens with one attached hydrogen (secondary N) is 1. The first-order valence-electron chi connectivity index (χ1n) is 11.0. The standard InChI is InChI=1S/C25H31N3O4S/c1-5-12-32-15-18(29)13-28(11-10-17(2)3)14-22-26-24(30)23-20(16-33-25(23)27-22)19-8-6-7-9-21(19)31-4/h1,6-9,16-18,29H,10-15H2,2-4H3,(H,26,27,30)/t18-/m0/s1. The molecule has 0 bridgehead atoms. The number of aromatic amines is 1. The topological polar surface area (TPSA) is 87.7 Å². The maximum absolute atomic E-state index is 13.1. The molecule has 0 radical (unpaired) electrons. The van der Waals surface area contributed by atoms with E-state index in [1.54, 1.807) is 7.11 Å². The number of benzene rings is 1. The summed E-state index contributed by atoms with van der Waals surface area (Å²) in [5.41, 5.74) is 1.49.